The van der Waals surface area contributed by atoms with Crippen molar-refractivity contribution in [2.24, 2.45) is 0 Å². The van der Waals surface area contributed by atoms with Gasteiger partial charge in [-0.15, -0.1) is 0 Å². The van der Waals surface area contributed by atoms with Crippen molar-refractivity contribution in [1.82, 2.24) is 9.13 Å². The van der Waals surface area contributed by atoms with Crippen LogP contribution in [0.1, 0.15) is 22.3 Å². The molecule has 284 valence electrons. The summed E-state index contributed by atoms with van der Waals surface area (Å²) in [5.74, 6) is 0. The quantitative estimate of drug-likeness (QED) is 0.155. The Morgan fingerprint density at radius 3 is 1.37 bits per heavy atom. The molecular formula is C53H36F3N3. The lowest BCUT2D eigenvalue weighted by molar-refractivity contribution is -0.137. The van der Waals surface area contributed by atoms with E-state index in [4.69, 9.17) is 6.57 Å². The summed E-state index contributed by atoms with van der Waals surface area (Å²) >= 11 is 0. The molecule has 0 aliphatic rings. The SMILES string of the molecule is [C-]#[N+]c1cc(-n2c3ccccc3c3cc(-c4ccc(C)cc4)ccc32)c(-n2c3ccccc3c3cc(-c4ccc(C)cc4)ccc32)cc1-c1cc(C)cc(C(F)(F)F)c1. The van der Waals surface area contributed by atoms with E-state index in [1.54, 1.807) is 13.0 Å². The second kappa shape index (κ2) is 13.6. The molecule has 0 bridgehead atoms. The highest BCUT2D eigenvalue weighted by molar-refractivity contribution is 6.13. The summed E-state index contributed by atoms with van der Waals surface area (Å²) in [6, 6.07) is 54.3. The van der Waals surface area contributed by atoms with Crippen molar-refractivity contribution in [3.8, 4) is 44.8 Å². The average molecular weight is 772 g/mol. The molecule has 0 aliphatic heterocycles. The van der Waals surface area contributed by atoms with Crippen LogP contribution in [-0.2, 0) is 6.18 Å². The maximum absolute atomic E-state index is 14.3. The zero-order valence-electron chi connectivity index (χ0n) is 32.6. The molecule has 0 N–H and O–H groups in total. The molecule has 3 nitrogen and oxygen atoms in total. The van der Waals surface area contributed by atoms with Gasteiger partial charge < -0.3 is 9.13 Å². The van der Waals surface area contributed by atoms with Gasteiger partial charge in [-0.2, -0.15) is 13.2 Å². The van der Waals surface area contributed by atoms with E-state index in [0.29, 0.717) is 16.7 Å². The normalized spacial score (nSPS) is 11.9. The highest BCUT2D eigenvalue weighted by Gasteiger charge is 2.31. The molecule has 0 amide bonds. The zero-order valence-corrected chi connectivity index (χ0v) is 32.6. The van der Waals surface area contributed by atoms with Gasteiger partial charge in [-0.3, -0.25) is 0 Å². The predicted octanol–water partition coefficient (Wildman–Crippen LogP) is 15.4. The molecule has 0 fully saturated rings. The van der Waals surface area contributed by atoms with Crippen LogP contribution in [0.25, 0.3) is 93.2 Å². The van der Waals surface area contributed by atoms with E-state index < -0.39 is 11.7 Å². The lowest BCUT2D eigenvalue weighted by Gasteiger charge is -2.20. The average Bonchev–Trinajstić information content (AvgIpc) is 3.75. The highest BCUT2D eigenvalue weighted by atomic mass is 19.4. The molecule has 0 saturated heterocycles. The number of fused-ring (bicyclic) bond motifs is 6. The van der Waals surface area contributed by atoms with Crippen molar-refractivity contribution in [2.75, 3.05) is 0 Å². The third-order valence-corrected chi connectivity index (χ3v) is 11.5. The molecule has 0 unspecified atom stereocenters. The largest absolute Gasteiger partial charge is 0.416 e. The minimum absolute atomic E-state index is 0.257. The van der Waals surface area contributed by atoms with E-state index >= 15 is 0 Å². The van der Waals surface area contributed by atoms with Crippen LogP contribution in [0.3, 0.4) is 0 Å². The molecule has 0 atom stereocenters. The molecule has 0 aliphatic carbocycles. The minimum atomic E-state index is -4.55. The van der Waals surface area contributed by atoms with E-state index in [-0.39, 0.29) is 5.69 Å². The van der Waals surface area contributed by atoms with Crippen LogP contribution < -0.4 is 0 Å². The number of hydrogen-bond donors (Lipinski definition) is 0. The van der Waals surface area contributed by atoms with Crippen LogP contribution in [0.4, 0.5) is 18.9 Å². The number of rotatable bonds is 5. The van der Waals surface area contributed by atoms with Gasteiger partial charge in [0.2, 0.25) is 0 Å². The Bertz CT molecular complexity index is 3340. The van der Waals surface area contributed by atoms with Gasteiger partial charge in [0.15, 0.2) is 5.69 Å². The van der Waals surface area contributed by atoms with Crippen LogP contribution in [-0.4, -0.2) is 9.13 Å². The van der Waals surface area contributed by atoms with Crippen molar-refractivity contribution in [2.45, 2.75) is 26.9 Å². The molecular weight excluding hydrogens is 736 g/mol. The molecule has 6 heteroatoms. The highest BCUT2D eigenvalue weighted by Crippen LogP contribution is 2.45. The number of aryl methyl sites for hydroxylation is 3. The fourth-order valence-electron chi connectivity index (χ4n) is 8.67. The van der Waals surface area contributed by atoms with Crippen molar-refractivity contribution >= 4 is 49.3 Å². The number of alkyl halides is 3. The monoisotopic (exact) mass is 771 g/mol. The van der Waals surface area contributed by atoms with E-state index in [1.807, 2.05) is 36.4 Å². The lowest BCUT2D eigenvalue weighted by atomic mass is 9.97. The van der Waals surface area contributed by atoms with Gasteiger partial charge >= 0.3 is 6.18 Å². The van der Waals surface area contributed by atoms with E-state index in [1.165, 1.54) is 11.1 Å². The predicted molar refractivity (Wildman–Crippen MR) is 237 cm³/mol. The van der Waals surface area contributed by atoms with E-state index in [2.05, 4.69) is 137 Å². The van der Waals surface area contributed by atoms with Crippen LogP contribution in [0.5, 0.6) is 0 Å². The molecule has 0 radical (unpaired) electrons. The first kappa shape index (κ1) is 36.0. The summed E-state index contributed by atoms with van der Waals surface area (Å²) in [5.41, 5.74) is 12.7. The standard InChI is InChI=1S/C53H36F3N3/c1-32-13-17-35(18-14-32)37-21-23-49-44(28-37)41-9-5-7-11-47(41)58(49)51-30-43(39-25-34(3)26-40(27-39)53(54,55)56)46(57-4)31-52(51)59-48-12-8-6-10-42(48)45-29-38(22-24-50(45)59)36-19-15-33(2)16-20-36/h5-31H,1-3H3. The first-order chi connectivity index (χ1) is 28.6. The molecule has 59 heavy (non-hydrogen) atoms. The number of halogens is 3. The number of hydrogen-bond acceptors (Lipinski definition) is 0. The minimum Gasteiger partial charge on any atom is -0.308 e. The molecule has 10 aromatic rings. The first-order valence-corrected chi connectivity index (χ1v) is 19.5. The molecule has 2 heterocycles. The van der Waals surface area contributed by atoms with Gasteiger partial charge in [0.25, 0.3) is 0 Å². The zero-order chi connectivity index (χ0) is 40.6. The summed E-state index contributed by atoms with van der Waals surface area (Å²) in [5, 5.41) is 4.18. The van der Waals surface area contributed by atoms with Gasteiger partial charge in [-0.25, -0.2) is 4.85 Å². The molecule has 0 spiro atoms. The van der Waals surface area contributed by atoms with Gasteiger partial charge in [0.05, 0.1) is 45.6 Å². The van der Waals surface area contributed by atoms with Crippen molar-refractivity contribution in [3.05, 3.63) is 197 Å². The molecule has 2 aromatic heterocycles. The van der Waals surface area contributed by atoms with Crippen LogP contribution in [0.15, 0.2) is 164 Å². The second-order valence-corrected chi connectivity index (χ2v) is 15.5. The van der Waals surface area contributed by atoms with Crippen LogP contribution >= 0.6 is 0 Å². The van der Waals surface area contributed by atoms with Crippen LogP contribution in [0.2, 0.25) is 0 Å². The van der Waals surface area contributed by atoms with Gasteiger partial charge in [-0.1, -0.05) is 114 Å². The summed E-state index contributed by atoms with van der Waals surface area (Å²) in [6.07, 6.45) is -4.55. The first-order valence-electron chi connectivity index (χ1n) is 19.5. The molecule has 10 rings (SSSR count). The number of nitrogens with zero attached hydrogens (tertiary/aromatic N) is 3. The number of aromatic nitrogens is 2. The Labute approximate surface area is 339 Å². The summed E-state index contributed by atoms with van der Waals surface area (Å²) in [4.78, 5) is 4.00. The third kappa shape index (κ3) is 6.06. The topological polar surface area (TPSA) is 14.2 Å². The van der Waals surface area contributed by atoms with Gasteiger partial charge in [0, 0.05) is 21.5 Å². The van der Waals surface area contributed by atoms with Crippen molar-refractivity contribution < 1.29 is 13.2 Å². The molecule has 0 saturated carbocycles. The van der Waals surface area contributed by atoms with Crippen molar-refractivity contribution in [3.63, 3.8) is 0 Å². The molecule has 8 aromatic carbocycles. The fourth-order valence-corrected chi connectivity index (χ4v) is 8.67. The van der Waals surface area contributed by atoms with E-state index in [0.717, 1.165) is 89.4 Å². The fraction of sp³-hybridized carbons (Fsp3) is 0.0755. The maximum atomic E-state index is 14.3. The third-order valence-electron chi connectivity index (χ3n) is 11.5. The number of benzene rings is 8. The summed E-state index contributed by atoms with van der Waals surface area (Å²) in [6.45, 7) is 14.3. The number of para-hydroxylation sites is 2. The Hall–Kier alpha value is -7.36. The second-order valence-electron chi connectivity index (χ2n) is 15.5. The maximum Gasteiger partial charge on any atom is 0.416 e. The van der Waals surface area contributed by atoms with Gasteiger partial charge in [0.1, 0.15) is 0 Å². The Balaban J connectivity index is 1.31. The smallest absolute Gasteiger partial charge is 0.308 e. The van der Waals surface area contributed by atoms with Crippen molar-refractivity contribution in [1.29, 1.82) is 0 Å². The summed E-state index contributed by atoms with van der Waals surface area (Å²) in [7, 11) is 0. The van der Waals surface area contributed by atoms with Crippen LogP contribution in [0, 0.1) is 27.3 Å². The van der Waals surface area contributed by atoms with Gasteiger partial charge in [-0.05, 0) is 120 Å². The Kier molecular flexibility index (Phi) is 8.33. The lowest BCUT2D eigenvalue weighted by Crippen LogP contribution is -2.06. The van der Waals surface area contributed by atoms with E-state index in [9.17, 15) is 13.2 Å². The Morgan fingerprint density at radius 2 is 0.881 bits per heavy atom. The summed E-state index contributed by atoms with van der Waals surface area (Å²) < 4.78 is 47.3. The Morgan fingerprint density at radius 1 is 0.424 bits per heavy atom.